The molecule has 184 valence electrons. The summed E-state index contributed by atoms with van der Waals surface area (Å²) in [7, 11) is 1.58. The highest BCUT2D eigenvalue weighted by Gasteiger charge is 2.28. The van der Waals surface area contributed by atoms with Crippen LogP contribution in [-0.2, 0) is 26.9 Å². The number of rotatable bonds is 5. The van der Waals surface area contributed by atoms with Crippen LogP contribution in [0.25, 0.3) is 32.9 Å². The molecule has 0 bridgehead atoms. The Balaban J connectivity index is 2.14. The molecule has 0 aliphatic heterocycles. The highest BCUT2D eigenvalue weighted by atomic mass is 16.7. The lowest BCUT2D eigenvalue weighted by Gasteiger charge is -2.28. The van der Waals surface area contributed by atoms with Crippen LogP contribution in [0, 0.1) is 0 Å². The van der Waals surface area contributed by atoms with Crippen molar-refractivity contribution in [2.45, 2.75) is 59.0 Å². The molecule has 0 saturated heterocycles. The normalized spacial score (nSPS) is 12.5. The number of hydrogen-bond donors (Lipinski definition) is 1. The summed E-state index contributed by atoms with van der Waals surface area (Å²) in [6.45, 7) is 12.9. The smallest absolute Gasteiger partial charge is 0.344 e. The van der Waals surface area contributed by atoms with Gasteiger partial charge in [0.15, 0.2) is 0 Å². The molecule has 5 heteroatoms. The number of fused-ring (bicyclic) bond motifs is 3. The zero-order valence-electron chi connectivity index (χ0n) is 21.6. The van der Waals surface area contributed by atoms with E-state index in [1.54, 1.807) is 13.2 Å². The third-order valence-corrected chi connectivity index (χ3v) is 6.35. The summed E-state index contributed by atoms with van der Waals surface area (Å²) >= 11 is 0. The van der Waals surface area contributed by atoms with E-state index in [-0.39, 0.29) is 29.9 Å². The lowest BCUT2D eigenvalue weighted by Crippen LogP contribution is -2.17. The van der Waals surface area contributed by atoms with Gasteiger partial charge in [-0.05, 0) is 45.5 Å². The Morgan fingerprint density at radius 2 is 1.46 bits per heavy atom. The van der Waals surface area contributed by atoms with Crippen LogP contribution in [0.1, 0.15) is 58.2 Å². The van der Waals surface area contributed by atoms with Gasteiger partial charge in [-0.25, -0.2) is 4.79 Å². The van der Waals surface area contributed by atoms with Crippen LogP contribution in [0.15, 0.2) is 57.7 Å². The number of benzene rings is 3. The topological polar surface area (TPSA) is 68.9 Å². The van der Waals surface area contributed by atoms with Crippen LogP contribution in [0.4, 0.5) is 0 Å². The molecule has 1 heterocycles. The van der Waals surface area contributed by atoms with Gasteiger partial charge in [0.05, 0.1) is 12.0 Å². The van der Waals surface area contributed by atoms with Crippen LogP contribution < -0.4 is 5.63 Å². The standard InChI is InChI=1S/C30H34O5/c1-29(2,3)23-14-19(15-24(26(23)31)30(4,5)6)25-18(16-34-17-33-7)12-13-21-20-10-8-9-11-22(20)28(32)35-27(21)25/h8-15,31H,16-17H2,1-7H3. The van der Waals surface area contributed by atoms with Gasteiger partial charge < -0.3 is 19.0 Å². The van der Waals surface area contributed by atoms with E-state index in [9.17, 15) is 9.90 Å². The first kappa shape index (κ1) is 25.0. The van der Waals surface area contributed by atoms with Gasteiger partial charge >= 0.3 is 5.63 Å². The lowest BCUT2D eigenvalue weighted by molar-refractivity contribution is -0.0389. The average molecular weight is 475 g/mol. The van der Waals surface area contributed by atoms with Crippen molar-refractivity contribution in [2.24, 2.45) is 0 Å². The van der Waals surface area contributed by atoms with Gasteiger partial charge in [0.1, 0.15) is 18.1 Å². The fourth-order valence-electron chi connectivity index (χ4n) is 4.58. The second-order valence-corrected chi connectivity index (χ2v) is 11.1. The molecule has 0 radical (unpaired) electrons. The summed E-state index contributed by atoms with van der Waals surface area (Å²) in [4.78, 5) is 13.0. The van der Waals surface area contributed by atoms with E-state index in [0.717, 1.165) is 38.6 Å². The molecule has 4 rings (SSSR count). The van der Waals surface area contributed by atoms with Gasteiger partial charge in [-0.3, -0.25) is 0 Å². The molecule has 0 amide bonds. The number of phenolic OH excluding ortho intramolecular Hbond substituents is 1. The molecule has 1 aromatic heterocycles. The predicted octanol–water partition coefficient (Wildman–Crippen LogP) is 7.03. The maximum Gasteiger partial charge on any atom is 0.344 e. The maximum atomic E-state index is 13.0. The lowest BCUT2D eigenvalue weighted by atomic mass is 9.77. The molecule has 0 fully saturated rings. The summed E-state index contributed by atoms with van der Waals surface area (Å²) in [5.74, 6) is 0.304. The highest BCUT2D eigenvalue weighted by Crippen LogP contribution is 2.44. The second-order valence-electron chi connectivity index (χ2n) is 11.1. The minimum absolute atomic E-state index is 0.148. The summed E-state index contributed by atoms with van der Waals surface area (Å²) in [5.41, 5.74) is 3.74. The summed E-state index contributed by atoms with van der Waals surface area (Å²) in [6, 6.07) is 15.5. The van der Waals surface area contributed by atoms with Crippen molar-refractivity contribution in [1.29, 1.82) is 0 Å². The quantitative estimate of drug-likeness (QED) is 0.145. The number of aromatic hydroxyl groups is 1. The summed E-state index contributed by atoms with van der Waals surface area (Å²) < 4.78 is 16.8. The average Bonchev–Trinajstić information content (AvgIpc) is 2.78. The molecular weight excluding hydrogens is 440 g/mol. The SMILES string of the molecule is COCOCc1ccc2c(oc(=O)c3ccccc32)c1-c1cc(C(C)(C)C)c(O)c(C(C)(C)C)c1. The van der Waals surface area contributed by atoms with Gasteiger partial charge in [-0.2, -0.15) is 0 Å². The molecule has 0 unspecified atom stereocenters. The highest BCUT2D eigenvalue weighted by molar-refractivity contribution is 6.09. The molecule has 4 aromatic rings. The molecule has 0 atom stereocenters. The van der Waals surface area contributed by atoms with Crippen LogP contribution in [-0.4, -0.2) is 19.0 Å². The van der Waals surface area contributed by atoms with E-state index in [1.807, 2.05) is 42.5 Å². The molecule has 35 heavy (non-hydrogen) atoms. The van der Waals surface area contributed by atoms with Crippen molar-refractivity contribution in [3.63, 3.8) is 0 Å². The first-order valence-electron chi connectivity index (χ1n) is 11.9. The third-order valence-electron chi connectivity index (χ3n) is 6.35. The Hall–Kier alpha value is -3.15. The number of ether oxygens (including phenoxy) is 2. The molecule has 0 aliphatic carbocycles. The Labute approximate surface area is 206 Å². The molecule has 3 aromatic carbocycles. The van der Waals surface area contributed by atoms with E-state index in [4.69, 9.17) is 13.9 Å². The Morgan fingerprint density at radius 3 is 2.03 bits per heavy atom. The van der Waals surface area contributed by atoms with E-state index in [1.165, 1.54) is 0 Å². The van der Waals surface area contributed by atoms with E-state index in [2.05, 4.69) is 41.5 Å². The molecule has 0 aliphatic rings. The van der Waals surface area contributed by atoms with Gasteiger partial charge in [-0.15, -0.1) is 0 Å². The monoisotopic (exact) mass is 474 g/mol. The number of phenols is 1. The molecular formula is C30H34O5. The zero-order valence-corrected chi connectivity index (χ0v) is 21.6. The zero-order chi connectivity index (χ0) is 25.5. The first-order valence-corrected chi connectivity index (χ1v) is 11.9. The molecule has 0 saturated carbocycles. The summed E-state index contributed by atoms with van der Waals surface area (Å²) in [6.07, 6.45) is 0. The van der Waals surface area contributed by atoms with Crippen molar-refractivity contribution in [1.82, 2.24) is 0 Å². The molecule has 1 N–H and O–H groups in total. The largest absolute Gasteiger partial charge is 0.507 e. The van der Waals surface area contributed by atoms with Gasteiger partial charge in [0.2, 0.25) is 0 Å². The second kappa shape index (κ2) is 9.14. The van der Waals surface area contributed by atoms with Gasteiger partial charge in [0.25, 0.3) is 0 Å². The molecule has 5 nitrogen and oxygen atoms in total. The van der Waals surface area contributed by atoms with Crippen LogP contribution in [0.5, 0.6) is 5.75 Å². The van der Waals surface area contributed by atoms with Gasteiger partial charge in [0, 0.05) is 29.2 Å². The Morgan fingerprint density at radius 1 is 0.857 bits per heavy atom. The fraction of sp³-hybridized carbons (Fsp3) is 0.367. The van der Waals surface area contributed by atoms with Crippen LogP contribution in [0.3, 0.4) is 0 Å². The maximum absolute atomic E-state index is 13.0. The molecule has 0 spiro atoms. The van der Waals surface area contributed by atoms with Crippen molar-refractivity contribution < 1.29 is 19.0 Å². The van der Waals surface area contributed by atoms with Crippen molar-refractivity contribution in [3.8, 4) is 16.9 Å². The van der Waals surface area contributed by atoms with Crippen molar-refractivity contribution in [2.75, 3.05) is 13.9 Å². The Kier molecular flexibility index (Phi) is 6.52. The predicted molar refractivity (Wildman–Crippen MR) is 141 cm³/mol. The Bertz CT molecular complexity index is 1410. The van der Waals surface area contributed by atoms with Gasteiger partial charge in [-0.1, -0.05) is 71.9 Å². The van der Waals surface area contributed by atoms with E-state index in [0.29, 0.717) is 16.7 Å². The minimum atomic E-state index is -0.379. The number of methoxy groups -OCH3 is 1. The van der Waals surface area contributed by atoms with Crippen LogP contribution in [0.2, 0.25) is 0 Å². The van der Waals surface area contributed by atoms with Crippen LogP contribution >= 0.6 is 0 Å². The summed E-state index contributed by atoms with van der Waals surface area (Å²) in [5, 5.41) is 13.5. The van der Waals surface area contributed by atoms with E-state index >= 15 is 0 Å². The third kappa shape index (κ3) is 4.71. The van der Waals surface area contributed by atoms with E-state index < -0.39 is 0 Å². The van der Waals surface area contributed by atoms with Crippen molar-refractivity contribution >= 4 is 21.7 Å². The number of hydrogen-bond acceptors (Lipinski definition) is 5. The minimum Gasteiger partial charge on any atom is -0.507 e. The fourth-order valence-corrected chi connectivity index (χ4v) is 4.58. The first-order chi connectivity index (χ1) is 16.4. The van der Waals surface area contributed by atoms with Crippen molar-refractivity contribution in [3.05, 3.63) is 75.6 Å².